The zero-order valence-corrected chi connectivity index (χ0v) is 15.9. The van der Waals surface area contributed by atoms with Crippen molar-refractivity contribution in [1.82, 2.24) is 4.57 Å². The molecule has 3 aromatic rings. The lowest BCUT2D eigenvalue weighted by atomic mass is 10.2. The number of rotatable bonds is 4. The lowest BCUT2D eigenvalue weighted by Gasteiger charge is -2.11. The summed E-state index contributed by atoms with van der Waals surface area (Å²) in [5, 5.41) is 9.34. The van der Waals surface area contributed by atoms with Gasteiger partial charge in [-0.15, -0.1) is 12.6 Å². The van der Waals surface area contributed by atoms with E-state index in [4.69, 9.17) is 16.7 Å². The van der Waals surface area contributed by atoms with E-state index in [9.17, 15) is 4.79 Å². The first-order chi connectivity index (χ1) is 12.4. The molecule has 1 N–H and O–H groups in total. The Morgan fingerprint density at radius 3 is 2.58 bits per heavy atom. The number of benzene rings is 2. The zero-order chi connectivity index (χ0) is 18.8. The molecule has 6 heteroatoms. The molecule has 0 spiro atoms. The summed E-state index contributed by atoms with van der Waals surface area (Å²) in [5.74, 6) is -1.04. The second-order valence-corrected chi connectivity index (χ2v) is 6.77. The average Bonchev–Trinajstić information content (AvgIpc) is 2.87. The fraction of sp³-hybridized carbons (Fsp3) is 0.100. The van der Waals surface area contributed by atoms with Crippen molar-refractivity contribution in [3.63, 3.8) is 0 Å². The van der Waals surface area contributed by atoms with E-state index >= 15 is 0 Å². The summed E-state index contributed by atoms with van der Waals surface area (Å²) >= 11 is 10.5. The number of nitrogens with zero attached hydrogens (tertiary/aromatic N) is 2. The molecule has 0 aliphatic heterocycles. The number of carboxylic acids is 1. The van der Waals surface area contributed by atoms with E-state index in [0.29, 0.717) is 0 Å². The summed E-state index contributed by atoms with van der Waals surface area (Å²) in [7, 11) is 0. The Morgan fingerprint density at radius 1 is 1.19 bits per heavy atom. The number of hydrogen-bond acceptors (Lipinski definition) is 3. The maximum absolute atomic E-state index is 11.1. The minimum absolute atomic E-state index is 0.0880. The van der Waals surface area contributed by atoms with Crippen LogP contribution in [0.3, 0.4) is 0 Å². The largest absolute Gasteiger partial charge is 0.478 e. The van der Waals surface area contributed by atoms with Crippen LogP contribution in [-0.2, 0) is 0 Å². The second-order valence-electron chi connectivity index (χ2n) is 5.88. The molecule has 26 heavy (non-hydrogen) atoms. The van der Waals surface area contributed by atoms with E-state index in [2.05, 4.69) is 17.6 Å². The van der Waals surface area contributed by atoms with Crippen LogP contribution in [0, 0.1) is 13.8 Å². The Morgan fingerprint density at radius 2 is 1.92 bits per heavy atom. The van der Waals surface area contributed by atoms with Gasteiger partial charge in [-0.1, -0.05) is 23.7 Å². The number of carboxylic acid groups (broad SMARTS) is 1. The summed E-state index contributed by atoms with van der Waals surface area (Å²) in [6, 6.07) is 14.6. The third-order valence-corrected chi connectivity index (χ3v) is 4.83. The smallest absolute Gasteiger partial charge is 0.337 e. The van der Waals surface area contributed by atoms with E-state index in [1.165, 1.54) is 6.07 Å². The highest BCUT2D eigenvalue weighted by molar-refractivity contribution is 7.80. The lowest BCUT2D eigenvalue weighted by molar-refractivity contribution is 0.0697. The van der Waals surface area contributed by atoms with Gasteiger partial charge in [0.05, 0.1) is 16.3 Å². The number of aliphatic imine (C=N–C) groups is 1. The van der Waals surface area contributed by atoms with Crippen LogP contribution in [0.5, 0.6) is 0 Å². The molecule has 0 aliphatic carbocycles. The molecule has 0 saturated heterocycles. The van der Waals surface area contributed by atoms with Gasteiger partial charge in [-0.25, -0.2) is 4.79 Å². The molecule has 0 atom stereocenters. The number of para-hydroxylation sites is 1. The number of thiol groups is 1. The topological polar surface area (TPSA) is 54.6 Å². The molecule has 132 valence electrons. The number of aromatic nitrogens is 1. The molecule has 0 radical (unpaired) electrons. The lowest BCUT2D eigenvalue weighted by Crippen LogP contribution is -2.02. The number of aromatic carboxylic acids is 1. The van der Waals surface area contributed by atoms with Gasteiger partial charge in [-0.05, 0) is 50.2 Å². The minimum Gasteiger partial charge on any atom is -0.478 e. The first kappa shape index (κ1) is 18.3. The van der Waals surface area contributed by atoms with Gasteiger partial charge in [0.1, 0.15) is 0 Å². The van der Waals surface area contributed by atoms with E-state index in [-0.39, 0.29) is 10.6 Å². The summed E-state index contributed by atoms with van der Waals surface area (Å²) in [6.07, 6.45) is 1.81. The highest BCUT2D eigenvalue weighted by Crippen LogP contribution is 2.26. The van der Waals surface area contributed by atoms with Crippen LogP contribution in [0.1, 0.15) is 27.3 Å². The van der Waals surface area contributed by atoms with Gasteiger partial charge in [-0.3, -0.25) is 4.99 Å². The fourth-order valence-corrected chi connectivity index (χ4v) is 3.32. The summed E-state index contributed by atoms with van der Waals surface area (Å²) in [4.78, 5) is 16.5. The summed E-state index contributed by atoms with van der Waals surface area (Å²) in [5.41, 5.74) is 4.66. The molecule has 0 saturated carbocycles. The predicted octanol–water partition coefficient (Wildman–Crippen LogP) is 5.49. The Labute approximate surface area is 162 Å². The van der Waals surface area contributed by atoms with E-state index in [0.717, 1.165) is 33.2 Å². The molecule has 2 aromatic carbocycles. The highest BCUT2D eigenvalue weighted by Gasteiger charge is 2.13. The standard InChI is InChI=1S/C20H17ClN2O2S/c1-12-9-14(11-22-18-5-3-4-6-19(18)26)13(2)23(12)15-7-8-16(20(24)25)17(21)10-15/h3-11,26H,1-2H3,(H,24,25). The van der Waals surface area contributed by atoms with Crippen molar-refractivity contribution in [2.24, 2.45) is 4.99 Å². The first-order valence-corrected chi connectivity index (χ1v) is 8.75. The van der Waals surface area contributed by atoms with Crippen LogP contribution < -0.4 is 0 Å². The van der Waals surface area contributed by atoms with Crippen LogP contribution in [0.2, 0.25) is 5.02 Å². The van der Waals surface area contributed by atoms with Crippen molar-refractivity contribution in [3.05, 3.63) is 76.1 Å². The van der Waals surface area contributed by atoms with Gasteiger partial charge >= 0.3 is 5.97 Å². The molecular formula is C20H17ClN2O2S. The van der Waals surface area contributed by atoms with Crippen LogP contribution in [0.15, 0.2) is 58.4 Å². The van der Waals surface area contributed by atoms with Gasteiger partial charge in [-0.2, -0.15) is 0 Å². The molecule has 0 unspecified atom stereocenters. The first-order valence-electron chi connectivity index (χ1n) is 7.92. The van der Waals surface area contributed by atoms with Crippen molar-refractivity contribution in [2.45, 2.75) is 18.7 Å². The average molecular weight is 385 g/mol. The SMILES string of the molecule is Cc1cc(C=Nc2ccccc2S)c(C)n1-c1ccc(C(=O)O)c(Cl)c1. The summed E-state index contributed by atoms with van der Waals surface area (Å²) in [6.45, 7) is 3.97. The van der Waals surface area contributed by atoms with E-state index < -0.39 is 5.97 Å². The molecule has 0 aliphatic rings. The molecule has 3 rings (SSSR count). The third-order valence-electron chi connectivity index (χ3n) is 4.14. The Balaban J connectivity index is 2.00. The van der Waals surface area contributed by atoms with Crippen molar-refractivity contribution in [3.8, 4) is 5.69 Å². The monoisotopic (exact) mass is 384 g/mol. The maximum atomic E-state index is 11.1. The zero-order valence-electron chi connectivity index (χ0n) is 14.3. The maximum Gasteiger partial charge on any atom is 0.337 e. The second kappa shape index (κ2) is 7.40. The Kier molecular flexibility index (Phi) is 5.20. The summed E-state index contributed by atoms with van der Waals surface area (Å²) < 4.78 is 2.02. The van der Waals surface area contributed by atoms with Gasteiger partial charge in [0.2, 0.25) is 0 Å². The molecule has 0 bridgehead atoms. The Hall–Kier alpha value is -2.50. The van der Waals surface area contributed by atoms with Crippen LogP contribution in [0.4, 0.5) is 5.69 Å². The van der Waals surface area contributed by atoms with Crippen molar-refractivity contribution in [2.75, 3.05) is 0 Å². The number of aryl methyl sites for hydroxylation is 1. The van der Waals surface area contributed by atoms with Gasteiger partial charge in [0, 0.05) is 33.7 Å². The van der Waals surface area contributed by atoms with Crippen molar-refractivity contribution < 1.29 is 9.90 Å². The highest BCUT2D eigenvalue weighted by atomic mass is 35.5. The number of carbonyl (C=O) groups is 1. The Bertz CT molecular complexity index is 1020. The normalized spacial score (nSPS) is 11.2. The number of hydrogen-bond donors (Lipinski definition) is 2. The van der Waals surface area contributed by atoms with Crippen LogP contribution in [-0.4, -0.2) is 21.9 Å². The molecule has 0 amide bonds. The molecule has 1 aromatic heterocycles. The van der Waals surface area contributed by atoms with Gasteiger partial charge in [0.25, 0.3) is 0 Å². The van der Waals surface area contributed by atoms with Crippen LogP contribution in [0.25, 0.3) is 5.69 Å². The van der Waals surface area contributed by atoms with Crippen molar-refractivity contribution in [1.29, 1.82) is 0 Å². The van der Waals surface area contributed by atoms with Gasteiger partial charge in [0.15, 0.2) is 0 Å². The van der Waals surface area contributed by atoms with Crippen LogP contribution >= 0.6 is 24.2 Å². The van der Waals surface area contributed by atoms with E-state index in [1.54, 1.807) is 18.3 Å². The third kappa shape index (κ3) is 3.54. The fourth-order valence-electron chi connectivity index (χ4n) is 2.84. The van der Waals surface area contributed by atoms with Crippen molar-refractivity contribution >= 4 is 42.1 Å². The predicted molar refractivity (Wildman–Crippen MR) is 108 cm³/mol. The number of halogens is 1. The molecule has 0 fully saturated rings. The van der Waals surface area contributed by atoms with E-state index in [1.807, 2.05) is 48.7 Å². The molecule has 1 heterocycles. The quantitative estimate of drug-likeness (QED) is 0.462. The van der Waals surface area contributed by atoms with Gasteiger partial charge < -0.3 is 9.67 Å². The minimum atomic E-state index is -1.04. The molecular weight excluding hydrogens is 368 g/mol. The molecule has 4 nitrogen and oxygen atoms in total.